The summed E-state index contributed by atoms with van der Waals surface area (Å²) in [6.07, 6.45) is 2.16. The highest BCUT2D eigenvalue weighted by Crippen LogP contribution is 1.96. The van der Waals surface area contributed by atoms with Crippen LogP contribution in [0.2, 0.25) is 0 Å². The van der Waals surface area contributed by atoms with Gasteiger partial charge in [-0.25, -0.2) is 8.42 Å². The average molecular weight is 243 g/mol. The Labute approximate surface area is 87.8 Å². The Balaban J connectivity index is 0. The number of hydrogen-bond donors (Lipinski definition) is 4. The molecule has 0 aromatic rings. The number of hydrogen-bond acceptors (Lipinski definition) is 6. The predicted molar refractivity (Wildman–Crippen MR) is 50.8 cm³/mol. The van der Waals surface area contributed by atoms with Crippen LogP contribution in [0.4, 0.5) is 0 Å². The SMILES string of the molecule is NCCCC[C@H](N)C(=O)O.O=S(=O)([O-])O. The van der Waals surface area contributed by atoms with Crippen molar-refractivity contribution in [3.05, 3.63) is 0 Å². The van der Waals surface area contributed by atoms with Gasteiger partial charge in [-0.3, -0.25) is 9.35 Å². The third-order valence-electron chi connectivity index (χ3n) is 1.29. The molecular formula is C6H15N2O6S-. The minimum Gasteiger partial charge on any atom is -0.726 e. The van der Waals surface area contributed by atoms with Crippen molar-refractivity contribution in [2.24, 2.45) is 11.5 Å². The first-order chi connectivity index (χ1) is 6.68. The van der Waals surface area contributed by atoms with Crippen molar-refractivity contribution in [2.75, 3.05) is 6.54 Å². The summed E-state index contributed by atoms with van der Waals surface area (Å²) in [4.78, 5) is 10.1. The molecule has 0 aromatic heterocycles. The van der Waals surface area contributed by atoms with Gasteiger partial charge in [-0.1, -0.05) is 6.42 Å². The summed E-state index contributed by atoms with van der Waals surface area (Å²) >= 11 is 0. The molecule has 0 radical (unpaired) electrons. The van der Waals surface area contributed by atoms with Gasteiger partial charge in [0.15, 0.2) is 0 Å². The molecule has 9 heteroatoms. The maximum atomic E-state index is 10.1. The van der Waals surface area contributed by atoms with Gasteiger partial charge in [0, 0.05) is 0 Å². The molecule has 0 amide bonds. The summed E-state index contributed by atoms with van der Waals surface area (Å²) in [6.45, 7) is 0.604. The van der Waals surface area contributed by atoms with Crippen molar-refractivity contribution in [3.63, 3.8) is 0 Å². The summed E-state index contributed by atoms with van der Waals surface area (Å²) in [5.74, 6) is -0.933. The topological polar surface area (TPSA) is 167 Å². The Morgan fingerprint density at radius 2 is 1.80 bits per heavy atom. The molecule has 0 bridgehead atoms. The summed E-state index contributed by atoms with van der Waals surface area (Å²) in [5, 5.41) is 8.33. The third kappa shape index (κ3) is 24.6. The zero-order valence-electron chi connectivity index (χ0n) is 8.00. The highest BCUT2D eigenvalue weighted by Gasteiger charge is 2.09. The molecule has 15 heavy (non-hydrogen) atoms. The summed E-state index contributed by atoms with van der Waals surface area (Å²) in [7, 11) is -4.92. The quantitative estimate of drug-likeness (QED) is 0.258. The van der Waals surface area contributed by atoms with Gasteiger partial charge in [0.1, 0.15) is 6.04 Å². The Bertz CT molecular complexity index is 257. The van der Waals surface area contributed by atoms with E-state index in [2.05, 4.69) is 0 Å². The van der Waals surface area contributed by atoms with E-state index < -0.39 is 22.4 Å². The lowest BCUT2D eigenvalue weighted by Crippen LogP contribution is -2.29. The number of carbonyl (C=O) groups is 1. The highest BCUT2D eigenvalue weighted by atomic mass is 32.3. The maximum Gasteiger partial charge on any atom is 0.320 e. The molecule has 8 nitrogen and oxygen atoms in total. The molecule has 0 fully saturated rings. The largest absolute Gasteiger partial charge is 0.726 e. The predicted octanol–water partition coefficient (Wildman–Crippen LogP) is -1.47. The zero-order chi connectivity index (χ0) is 12.5. The number of carboxylic acid groups (broad SMARTS) is 1. The molecule has 0 aliphatic heterocycles. The fourth-order valence-electron chi connectivity index (χ4n) is 0.632. The standard InChI is InChI=1S/C6H14N2O2.H2O4S/c7-4-2-1-3-5(8)6(9)10;1-5(2,3)4/h5H,1-4,7-8H2,(H,9,10);(H2,1,2,3,4)/p-1/t5-;/m0./s1. The lowest BCUT2D eigenvalue weighted by Gasteiger charge is -2.03. The average Bonchev–Trinajstić information content (AvgIpc) is 2.01. The van der Waals surface area contributed by atoms with Crippen LogP contribution in [0.15, 0.2) is 0 Å². The zero-order valence-corrected chi connectivity index (χ0v) is 8.81. The minimum atomic E-state index is -4.92. The van der Waals surface area contributed by atoms with E-state index >= 15 is 0 Å². The van der Waals surface area contributed by atoms with Crippen molar-refractivity contribution in [3.8, 4) is 0 Å². The van der Waals surface area contributed by atoms with Crippen LogP contribution in [0, 0.1) is 0 Å². The fourth-order valence-corrected chi connectivity index (χ4v) is 0.632. The van der Waals surface area contributed by atoms with Crippen molar-refractivity contribution in [1.82, 2.24) is 0 Å². The second kappa shape index (κ2) is 8.56. The van der Waals surface area contributed by atoms with Crippen LogP contribution in [0.25, 0.3) is 0 Å². The van der Waals surface area contributed by atoms with Gasteiger partial charge >= 0.3 is 5.97 Å². The van der Waals surface area contributed by atoms with E-state index in [1.807, 2.05) is 0 Å². The van der Waals surface area contributed by atoms with E-state index in [0.29, 0.717) is 13.0 Å². The van der Waals surface area contributed by atoms with E-state index in [4.69, 9.17) is 34.1 Å². The Hall–Kier alpha value is -0.740. The van der Waals surface area contributed by atoms with Crippen molar-refractivity contribution in [2.45, 2.75) is 25.3 Å². The van der Waals surface area contributed by atoms with Crippen LogP contribution in [0.1, 0.15) is 19.3 Å². The molecule has 0 saturated heterocycles. The van der Waals surface area contributed by atoms with Gasteiger partial charge in [0.25, 0.3) is 0 Å². The molecule has 0 aliphatic rings. The van der Waals surface area contributed by atoms with Gasteiger partial charge in [-0.15, -0.1) is 0 Å². The number of aliphatic carboxylic acids is 1. The smallest absolute Gasteiger partial charge is 0.320 e. The van der Waals surface area contributed by atoms with Crippen molar-refractivity contribution >= 4 is 16.4 Å². The van der Waals surface area contributed by atoms with Gasteiger partial charge in [-0.2, -0.15) is 0 Å². The molecule has 92 valence electrons. The first-order valence-electron chi connectivity index (χ1n) is 4.05. The van der Waals surface area contributed by atoms with E-state index in [-0.39, 0.29) is 0 Å². The normalized spacial score (nSPS) is 12.5. The Morgan fingerprint density at radius 3 is 2.07 bits per heavy atom. The Morgan fingerprint density at radius 1 is 1.40 bits per heavy atom. The van der Waals surface area contributed by atoms with E-state index in [9.17, 15) is 4.79 Å². The second-order valence-electron chi connectivity index (χ2n) is 2.66. The van der Waals surface area contributed by atoms with Gasteiger partial charge in [0.05, 0.1) is 0 Å². The van der Waals surface area contributed by atoms with Crippen LogP contribution < -0.4 is 11.5 Å². The van der Waals surface area contributed by atoms with Gasteiger partial charge < -0.3 is 21.1 Å². The third-order valence-corrected chi connectivity index (χ3v) is 1.29. The number of carboxylic acids is 1. The maximum absolute atomic E-state index is 10.1. The molecular weight excluding hydrogens is 228 g/mol. The monoisotopic (exact) mass is 243 g/mol. The molecule has 0 aliphatic carbocycles. The van der Waals surface area contributed by atoms with Gasteiger partial charge in [-0.05, 0) is 19.4 Å². The van der Waals surface area contributed by atoms with Crippen LogP contribution in [-0.4, -0.2) is 41.2 Å². The van der Waals surface area contributed by atoms with Crippen LogP contribution in [0.5, 0.6) is 0 Å². The van der Waals surface area contributed by atoms with E-state index in [0.717, 1.165) is 12.8 Å². The fraction of sp³-hybridized carbons (Fsp3) is 0.833. The number of unbranched alkanes of at least 4 members (excludes halogenated alkanes) is 1. The van der Waals surface area contributed by atoms with Crippen LogP contribution in [-0.2, 0) is 15.2 Å². The van der Waals surface area contributed by atoms with Crippen LogP contribution >= 0.6 is 0 Å². The minimum absolute atomic E-state index is 0.520. The first-order valence-corrected chi connectivity index (χ1v) is 5.41. The van der Waals surface area contributed by atoms with Crippen molar-refractivity contribution in [1.29, 1.82) is 0 Å². The summed E-state index contributed by atoms with van der Waals surface area (Å²) < 4.78 is 32.8. The molecule has 1 atom stereocenters. The molecule has 0 heterocycles. The lowest BCUT2D eigenvalue weighted by molar-refractivity contribution is -0.138. The second-order valence-corrected chi connectivity index (χ2v) is 3.51. The van der Waals surface area contributed by atoms with Crippen molar-refractivity contribution < 1.29 is 27.4 Å². The van der Waals surface area contributed by atoms with E-state index in [1.54, 1.807) is 0 Å². The summed E-state index contributed by atoms with van der Waals surface area (Å²) in [5.41, 5.74) is 10.4. The highest BCUT2D eigenvalue weighted by molar-refractivity contribution is 7.79. The lowest BCUT2D eigenvalue weighted by atomic mass is 10.1. The number of rotatable bonds is 5. The number of nitrogens with two attached hydrogens (primary N) is 2. The summed E-state index contributed by atoms with van der Waals surface area (Å²) in [6, 6.07) is -0.716. The molecule has 0 saturated carbocycles. The molecule has 0 aromatic carbocycles. The Kier molecular flexibility index (Phi) is 9.52. The molecule has 6 N–H and O–H groups in total. The molecule has 0 unspecified atom stereocenters. The first kappa shape index (κ1) is 16.7. The van der Waals surface area contributed by atoms with Crippen LogP contribution in [0.3, 0.4) is 0 Å². The van der Waals surface area contributed by atoms with Gasteiger partial charge in [0.2, 0.25) is 10.4 Å². The molecule has 0 rings (SSSR count). The van der Waals surface area contributed by atoms with E-state index in [1.165, 1.54) is 0 Å². The molecule has 0 spiro atoms.